The van der Waals surface area contributed by atoms with Crippen LogP contribution in [0.2, 0.25) is 0 Å². The molecule has 25 heavy (non-hydrogen) atoms. The molecule has 0 radical (unpaired) electrons. The zero-order valence-corrected chi connectivity index (χ0v) is 16.3. The number of nitrogens with one attached hydrogen (secondary N) is 1. The highest BCUT2D eigenvalue weighted by atomic mass is 32.2. The molecule has 1 aliphatic rings. The van der Waals surface area contributed by atoms with Crippen LogP contribution in [0, 0.1) is 20.8 Å². The molecule has 1 atom stereocenters. The number of carbonyl (C=O) groups is 1. The second-order valence-electron chi connectivity index (χ2n) is 6.65. The van der Waals surface area contributed by atoms with Crippen molar-refractivity contribution in [3.8, 4) is 5.75 Å². The van der Waals surface area contributed by atoms with Crippen LogP contribution in [0.25, 0.3) is 0 Å². The van der Waals surface area contributed by atoms with E-state index >= 15 is 0 Å². The molecule has 1 aromatic rings. The van der Waals surface area contributed by atoms with Crippen LogP contribution in [0.4, 0.5) is 4.79 Å². The summed E-state index contributed by atoms with van der Waals surface area (Å²) in [6, 6.07) is 3.68. The zero-order valence-electron chi connectivity index (χ0n) is 15.5. The molecule has 0 spiro atoms. The first kappa shape index (κ1) is 19.6. The lowest BCUT2D eigenvalue weighted by atomic mass is 10.1. The Morgan fingerprint density at radius 2 is 1.92 bits per heavy atom. The maximum atomic E-state index is 12.3. The van der Waals surface area contributed by atoms with Crippen molar-refractivity contribution < 1.29 is 17.9 Å². The van der Waals surface area contributed by atoms with Crippen LogP contribution in [0.5, 0.6) is 5.75 Å². The normalized spacial score (nSPS) is 18.8. The van der Waals surface area contributed by atoms with E-state index in [0.717, 1.165) is 16.9 Å². The Labute approximate surface area is 150 Å². The predicted octanol–water partition coefficient (Wildman–Crippen LogP) is 2.21. The van der Waals surface area contributed by atoms with Crippen molar-refractivity contribution in [2.45, 2.75) is 40.2 Å². The maximum absolute atomic E-state index is 12.3. The topological polar surface area (TPSA) is 75.7 Å². The van der Waals surface area contributed by atoms with E-state index in [2.05, 4.69) is 17.4 Å². The van der Waals surface area contributed by atoms with Crippen LogP contribution in [-0.4, -0.2) is 56.6 Å². The van der Waals surface area contributed by atoms with Gasteiger partial charge in [0.15, 0.2) is 9.84 Å². The molecular formula is C18H28N2O4S. The number of benzene rings is 1. The van der Waals surface area contributed by atoms with Gasteiger partial charge in [0.1, 0.15) is 12.4 Å². The van der Waals surface area contributed by atoms with Crippen molar-refractivity contribution in [3.05, 3.63) is 28.8 Å². The van der Waals surface area contributed by atoms with Crippen LogP contribution >= 0.6 is 0 Å². The molecule has 140 valence electrons. The Bertz CT molecular complexity index is 708. The summed E-state index contributed by atoms with van der Waals surface area (Å²) in [5.41, 5.74) is 3.35. The second kappa shape index (κ2) is 8.08. The molecule has 0 saturated carbocycles. The van der Waals surface area contributed by atoms with Crippen molar-refractivity contribution >= 4 is 15.9 Å². The highest BCUT2D eigenvalue weighted by Crippen LogP contribution is 2.24. The molecule has 1 saturated heterocycles. The summed E-state index contributed by atoms with van der Waals surface area (Å²) in [6.07, 6.45) is 0.516. The van der Waals surface area contributed by atoms with Gasteiger partial charge in [-0.05, 0) is 45.2 Å². The molecule has 1 fully saturated rings. The monoisotopic (exact) mass is 368 g/mol. The van der Waals surface area contributed by atoms with Crippen LogP contribution in [0.1, 0.15) is 30.0 Å². The number of aryl methyl sites for hydroxylation is 3. The van der Waals surface area contributed by atoms with Gasteiger partial charge in [-0.1, -0.05) is 17.7 Å². The Kier molecular flexibility index (Phi) is 6.32. The summed E-state index contributed by atoms with van der Waals surface area (Å²) in [6.45, 7) is 9.16. The Balaban J connectivity index is 1.84. The third-order valence-electron chi connectivity index (χ3n) is 4.48. The highest BCUT2D eigenvalue weighted by Gasteiger charge is 2.33. The number of amides is 2. The summed E-state index contributed by atoms with van der Waals surface area (Å²) >= 11 is 0. The molecule has 1 N–H and O–H groups in total. The molecular weight excluding hydrogens is 340 g/mol. The van der Waals surface area contributed by atoms with Gasteiger partial charge in [-0.3, -0.25) is 0 Å². The number of ether oxygens (including phenoxy) is 1. The van der Waals surface area contributed by atoms with Gasteiger partial charge < -0.3 is 15.0 Å². The Morgan fingerprint density at radius 3 is 2.44 bits per heavy atom. The van der Waals surface area contributed by atoms with Crippen molar-refractivity contribution in [3.63, 3.8) is 0 Å². The SMILES string of the molecule is CCN(C(=O)NCCOc1c(C)cc(C)cc1C)C1CCS(=O)(=O)C1. The molecule has 1 aromatic carbocycles. The molecule has 0 aliphatic carbocycles. The van der Waals surface area contributed by atoms with Gasteiger partial charge >= 0.3 is 6.03 Å². The van der Waals surface area contributed by atoms with E-state index in [1.165, 1.54) is 5.56 Å². The van der Waals surface area contributed by atoms with E-state index in [0.29, 0.717) is 26.1 Å². The van der Waals surface area contributed by atoms with Gasteiger partial charge in [-0.15, -0.1) is 0 Å². The maximum Gasteiger partial charge on any atom is 0.317 e. The van der Waals surface area contributed by atoms with E-state index in [4.69, 9.17) is 4.74 Å². The summed E-state index contributed by atoms with van der Waals surface area (Å²) in [4.78, 5) is 13.9. The van der Waals surface area contributed by atoms with Crippen LogP contribution in [0.15, 0.2) is 12.1 Å². The third-order valence-corrected chi connectivity index (χ3v) is 6.23. The average molecular weight is 368 g/mol. The third kappa shape index (κ3) is 5.11. The van der Waals surface area contributed by atoms with E-state index in [1.54, 1.807) is 4.90 Å². The Morgan fingerprint density at radius 1 is 1.28 bits per heavy atom. The molecule has 2 rings (SSSR count). The largest absolute Gasteiger partial charge is 0.491 e. The quantitative estimate of drug-likeness (QED) is 0.781. The van der Waals surface area contributed by atoms with Gasteiger partial charge in [-0.25, -0.2) is 13.2 Å². The van der Waals surface area contributed by atoms with Crippen molar-refractivity contribution in [1.29, 1.82) is 0 Å². The smallest absolute Gasteiger partial charge is 0.317 e. The van der Waals surface area contributed by atoms with Crippen molar-refractivity contribution in [1.82, 2.24) is 10.2 Å². The molecule has 1 heterocycles. The van der Waals surface area contributed by atoms with Gasteiger partial charge in [0.2, 0.25) is 0 Å². The molecule has 1 unspecified atom stereocenters. The fourth-order valence-corrected chi connectivity index (χ4v) is 5.13. The van der Waals surface area contributed by atoms with Crippen LogP contribution in [0.3, 0.4) is 0 Å². The number of hydrogen-bond donors (Lipinski definition) is 1. The average Bonchev–Trinajstić information content (AvgIpc) is 2.86. The van der Waals surface area contributed by atoms with Crippen molar-refractivity contribution in [2.75, 3.05) is 31.2 Å². The minimum absolute atomic E-state index is 0.0620. The molecule has 6 nitrogen and oxygen atoms in total. The van der Waals surface area contributed by atoms with Gasteiger partial charge in [0.25, 0.3) is 0 Å². The van der Waals surface area contributed by atoms with Gasteiger partial charge in [0, 0.05) is 12.6 Å². The van der Waals surface area contributed by atoms with Crippen LogP contribution < -0.4 is 10.1 Å². The summed E-state index contributed by atoms with van der Waals surface area (Å²) in [7, 11) is -3.00. The minimum Gasteiger partial charge on any atom is -0.491 e. The minimum atomic E-state index is -3.00. The number of rotatable bonds is 6. The first-order valence-corrected chi connectivity index (χ1v) is 10.5. The van der Waals surface area contributed by atoms with Gasteiger partial charge in [0.05, 0.1) is 18.1 Å². The Hall–Kier alpha value is -1.76. The fraction of sp³-hybridized carbons (Fsp3) is 0.611. The van der Waals surface area contributed by atoms with E-state index < -0.39 is 9.84 Å². The van der Waals surface area contributed by atoms with E-state index in [-0.39, 0.29) is 23.6 Å². The predicted molar refractivity (Wildman–Crippen MR) is 99.0 cm³/mol. The number of hydrogen-bond acceptors (Lipinski definition) is 4. The summed E-state index contributed by atoms with van der Waals surface area (Å²) < 4.78 is 29.0. The number of nitrogens with zero attached hydrogens (tertiary/aromatic N) is 1. The molecule has 0 aromatic heterocycles. The van der Waals surface area contributed by atoms with Crippen molar-refractivity contribution in [2.24, 2.45) is 0 Å². The summed E-state index contributed by atoms with van der Waals surface area (Å²) in [5, 5.41) is 2.83. The number of sulfone groups is 1. The lowest BCUT2D eigenvalue weighted by Gasteiger charge is -2.27. The molecule has 2 amide bonds. The summed E-state index contributed by atoms with van der Waals surface area (Å²) in [5.74, 6) is 1.08. The highest BCUT2D eigenvalue weighted by molar-refractivity contribution is 7.91. The fourth-order valence-electron chi connectivity index (χ4n) is 3.40. The number of urea groups is 1. The van der Waals surface area contributed by atoms with E-state index in [9.17, 15) is 13.2 Å². The molecule has 7 heteroatoms. The molecule has 1 aliphatic heterocycles. The van der Waals surface area contributed by atoms with Gasteiger partial charge in [-0.2, -0.15) is 0 Å². The lowest BCUT2D eigenvalue weighted by molar-refractivity contribution is 0.181. The van der Waals surface area contributed by atoms with Crippen LogP contribution in [-0.2, 0) is 9.84 Å². The van der Waals surface area contributed by atoms with E-state index in [1.807, 2.05) is 27.7 Å². The zero-order chi connectivity index (χ0) is 18.6. The molecule has 0 bridgehead atoms. The second-order valence-corrected chi connectivity index (χ2v) is 8.88. The first-order valence-electron chi connectivity index (χ1n) is 8.69. The number of carbonyl (C=O) groups excluding carboxylic acids is 1. The standard InChI is InChI=1S/C18H28N2O4S/c1-5-20(16-6-9-25(22,23)12-16)18(21)19-7-8-24-17-14(3)10-13(2)11-15(17)4/h10-11,16H,5-9,12H2,1-4H3,(H,19,21). The first-order chi connectivity index (χ1) is 11.7. The lowest BCUT2D eigenvalue weighted by Crippen LogP contribution is -2.47.